The van der Waals surface area contributed by atoms with E-state index in [2.05, 4.69) is 20.9 Å². The van der Waals surface area contributed by atoms with Crippen molar-refractivity contribution in [2.75, 3.05) is 12.9 Å². The number of benzene rings is 1. The summed E-state index contributed by atoms with van der Waals surface area (Å²) in [5.74, 6) is -1.11. The summed E-state index contributed by atoms with van der Waals surface area (Å²) in [5, 5.41) is 0.362. The number of aryl methyl sites for hydroxylation is 1. The maximum absolute atomic E-state index is 13.0. The Bertz CT molecular complexity index is 899. The van der Waals surface area contributed by atoms with E-state index in [4.69, 9.17) is 4.74 Å². The third-order valence-corrected chi connectivity index (χ3v) is 5.15. The predicted molar refractivity (Wildman–Crippen MR) is 104 cm³/mol. The minimum Gasteiger partial charge on any atom is -0.465 e. The van der Waals surface area contributed by atoms with Crippen molar-refractivity contribution in [2.45, 2.75) is 31.5 Å². The molecule has 2 aromatic rings. The third kappa shape index (κ3) is 5.49. The van der Waals surface area contributed by atoms with Gasteiger partial charge in [0.1, 0.15) is 16.8 Å². The number of thioether (sulfide) groups is 1. The Morgan fingerprint density at radius 1 is 1.30 bits per heavy atom. The number of carbonyl (C=O) groups is 2. The van der Waals surface area contributed by atoms with Gasteiger partial charge in [0, 0.05) is 12.0 Å². The number of Topliss-reactive ketones (excluding diaryl/α,β-unsaturated/α-hetero) is 1. The van der Waals surface area contributed by atoms with Crippen LogP contribution in [-0.2, 0) is 22.5 Å². The number of nitrogens with zero attached hydrogens (tertiary/aromatic N) is 2. The van der Waals surface area contributed by atoms with Crippen LogP contribution in [0.15, 0.2) is 38.7 Å². The molecule has 0 radical (unpaired) electrons. The second-order valence-corrected chi connectivity index (χ2v) is 7.05. The molecule has 0 N–H and O–H groups in total. The normalized spacial score (nSPS) is 10.7. The van der Waals surface area contributed by atoms with Gasteiger partial charge in [0.15, 0.2) is 10.9 Å². The molecule has 0 spiro atoms. The maximum Gasteiger partial charge on any atom is 0.326 e. The minimum atomic E-state index is -0.525. The second-order valence-electron chi connectivity index (χ2n) is 5.49. The number of ketones is 1. The summed E-state index contributed by atoms with van der Waals surface area (Å²) in [6.07, 6.45) is 2.09. The monoisotopic (exact) mass is 456 g/mol. The Balaban J connectivity index is 2.21. The summed E-state index contributed by atoms with van der Waals surface area (Å²) >= 11 is 4.44. The fourth-order valence-corrected chi connectivity index (χ4v) is 3.43. The number of carbonyl (C=O) groups excluding carboxylic acids is 2. The van der Waals surface area contributed by atoms with Crippen molar-refractivity contribution in [3.63, 3.8) is 0 Å². The highest BCUT2D eigenvalue weighted by Crippen LogP contribution is 2.19. The highest BCUT2D eigenvalue weighted by Gasteiger charge is 2.18. The molecule has 0 bridgehead atoms. The second kappa shape index (κ2) is 9.80. The van der Waals surface area contributed by atoms with Gasteiger partial charge in [-0.3, -0.25) is 19.0 Å². The van der Waals surface area contributed by atoms with E-state index in [0.29, 0.717) is 16.4 Å². The number of rotatable bonds is 8. The molecule has 27 heavy (non-hydrogen) atoms. The molecule has 0 amide bonds. The average Bonchev–Trinajstić information content (AvgIpc) is 2.65. The van der Waals surface area contributed by atoms with Crippen molar-refractivity contribution in [3.8, 4) is 0 Å². The lowest BCUT2D eigenvalue weighted by Crippen LogP contribution is -2.29. The first-order valence-corrected chi connectivity index (χ1v) is 10.2. The topological polar surface area (TPSA) is 78.3 Å². The zero-order valence-corrected chi connectivity index (χ0v) is 17.2. The summed E-state index contributed by atoms with van der Waals surface area (Å²) in [5.41, 5.74) is 0.417. The molecule has 0 fully saturated rings. The van der Waals surface area contributed by atoms with Gasteiger partial charge in [-0.1, -0.05) is 11.8 Å². The van der Waals surface area contributed by atoms with Gasteiger partial charge in [-0.2, -0.15) is 0 Å². The molecule has 1 aromatic heterocycles. The van der Waals surface area contributed by atoms with Crippen molar-refractivity contribution in [1.82, 2.24) is 9.55 Å². The maximum atomic E-state index is 13.0. The molecule has 6 nitrogen and oxygen atoms in total. The van der Waals surface area contributed by atoms with Crippen LogP contribution in [0.1, 0.15) is 29.4 Å². The minimum absolute atomic E-state index is 0.117. The molecule has 9 heteroatoms. The molecule has 2 rings (SSSR count). The van der Waals surface area contributed by atoms with E-state index in [0.717, 1.165) is 0 Å². The summed E-state index contributed by atoms with van der Waals surface area (Å²) in [4.78, 5) is 41.0. The largest absolute Gasteiger partial charge is 0.465 e. The Labute approximate surface area is 168 Å². The highest BCUT2D eigenvalue weighted by atomic mass is 79.9. The van der Waals surface area contributed by atoms with E-state index in [1.807, 2.05) is 0 Å². The van der Waals surface area contributed by atoms with Crippen molar-refractivity contribution in [1.29, 1.82) is 0 Å². The zero-order valence-electron chi connectivity index (χ0n) is 14.8. The molecule has 0 aliphatic heterocycles. The molecule has 0 saturated heterocycles. The molecule has 1 aromatic carbocycles. The van der Waals surface area contributed by atoms with Crippen molar-refractivity contribution in [3.05, 3.63) is 56.2 Å². The van der Waals surface area contributed by atoms with Gasteiger partial charge in [-0.15, -0.1) is 0 Å². The molecule has 0 atom stereocenters. The lowest BCUT2D eigenvalue weighted by molar-refractivity contribution is -0.144. The van der Waals surface area contributed by atoms with Crippen molar-refractivity contribution < 1.29 is 18.7 Å². The Morgan fingerprint density at radius 2 is 1.96 bits per heavy atom. The van der Waals surface area contributed by atoms with E-state index < -0.39 is 17.3 Å². The molecule has 0 unspecified atom stereocenters. The zero-order chi connectivity index (χ0) is 20.0. The standard InChI is InChI=1S/C18H18BrFN2O4S/c1-3-26-15(24)10-22-17(25)16(19)13(21-18(22)27-2)8-9-14(23)11-4-6-12(20)7-5-11/h4-7H,3,8-10H2,1-2H3. The number of esters is 1. The first-order chi connectivity index (χ1) is 12.9. The molecule has 1 heterocycles. The van der Waals surface area contributed by atoms with Crippen LogP contribution in [0.4, 0.5) is 4.39 Å². The fourth-order valence-electron chi connectivity index (χ4n) is 2.36. The Kier molecular flexibility index (Phi) is 7.73. The Morgan fingerprint density at radius 3 is 2.56 bits per heavy atom. The summed E-state index contributed by atoms with van der Waals surface area (Å²) < 4.78 is 19.3. The van der Waals surface area contributed by atoms with Crippen molar-refractivity contribution >= 4 is 39.4 Å². The molecular weight excluding hydrogens is 439 g/mol. The third-order valence-electron chi connectivity index (χ3n) is 3.68. The van der Waals surface area contributed by atoms with Crippen LogP contribution < -0.4 is 5.56 Å². The Hall–Kier alpha value is -2.00. The first-order valence-electron chi connectivity index (χ1n) is 8.15. The number of hydrogen-bond donors (Lipinski definition) is 0. The summed E-state index contributed by atoms with van der Waals surface area (Å²) in [6, 6.07) is 5.29. The molecule has 0 saturated carbocycles. The number of halogens is 2. The lowest BCUT2D eigenvalue weighted by atomic mass is 10.1. The van der Waals surface area contributed by atoms with E-state index in [1.54, 1.807) is 13.2 Å². The van der Waals surface area contributed by atoms with Crippen LogP contribution >= 0.6 is 27.7 Å². The summed E-state index contributed by atoms with van der Waals surface area (Å²) in [7, 11) is 0. The van der Waals surface area contributed by atoms with Gasteiger partial charge in [0.2, 0.25) is 0 Å². The van der Waals surface area contributed by atoms with Crippen LogP contribution in [0.2, 0.25) is 0 Å². The fraction of sp³-hybridized carbons (Fsp3) is 0.333. The SMILES string of the molecule is CCOC(=O)Cn1c(SC)nc(CCC(=O)c2ccc(F)cc2)c(Br)c1=O. The smallest absolute Gasteiger partial charge is 0.326 e. The number of ether oxygens (including phenoxy) is 1. The van der Waals surface area contributed by atoms with Crippen LogP contribution in [-0.4, -0.2) is 34.2 Å². The number of aromatic nitrogens is 2. The van der Waals surface area contributed by atoms with E-state index in [1.165, 1.54) is 40.6 Å². The predicted octanol–water partition coefficient (Wildman–Crippen LogP) is 3.25. The van der Waals surface area contributed by atoms with E-state index in [9.17, 15) is 18.8 Å². The van der Waals surface area contributed by atoms with Crippen LogP contribution in [0.25, 0.3) is 0 Å². The van der Waals surface area contributed by atoms with Crippen LogP contribution in [0.3, 0.4) is 0 Å². The average molecular weight is 457 g/mol. The number of hydrogen-bond acceptors (Lipinski definition) is 6. The van der Waals surface area contributed by atoms with Gasteiger partial charge >= 0.3 is 5.97 Å². The van der Waals surface area contributed by atoms with Gasteiger partial charge in [0.25, 0.3) is 5.56 Å². The van der Waals surface area contributed by atoms with E-state index >= 15 is 0 Å². The van der Waals surface area contributed by atoms with Crippen LogP contribution in [0.5, 0.6) is 0 Å². The highest BCUT2D eigenvalue weighted by molar-refractivity contribution is 9.10. The van der Waals surface area contributed by atoms with Crippen molar-refractivity contribution in [2.24, 2.45) is 0 Å². The summed E-state index contributed by atoms with van der Waals surface area (Å²) in [6.45, 7) is 1.68. The quantitative estimate of drug-likeness (QED) is 0.262. The van der Waals surface area contributed by atoms with Gasteiger partial charge in [-0.25, -0.2) is 9.37 Å². The first kappa shape index (κ1) is 21.3. The van der Waals surface area contributed by atoms with E-state index in [-0.39, 0.29) is 36.2 Å². The van der Waals surface area contributed by atoms with Gasteiger partial charge in [0.05, 0.1) is 12.3 Å². The van der Waals surface area contributed by atoms with Crippen LogP contribution in [0, 0.1) is 5.82 Å². The molecular formula is C18H18BrFN2O4S. The lowest BCUT2D eigenvalue weighted by Gasteiger charge is -2.13. The molecule has 0 aliphatic carbocycles. The van der Waals surface area contributed by atoms with Gasteiger partial charge < -0.3 is 4.74 Å². The van der Waals surface area contributed by atoms with Gasteiger partial charge in [-0.05, 0) is 59.8 Å². The molecule has 144 valence electrons. The molecule has 0 aliphatic rings.